The summed E-state index contributed by atoms with van der Waals surface area (Å²) in [5, 5.41) is 3.82. The zero-order valence-electron chi connectivity index (χ0n) is 9.94. The van der Waals surface area contributed by atoms with Gasteiger partial charge in [-0.1, -0.05) is 32.0 Å². The van der Waals surface area contributed by atoms with E-state index in [9.17, 15) is 4.79 Å². The van der Waals surface area contributed by atoms with Gasteiger partial charge in [0.1, 0.15) is 0 Å². The Hall–Kier alpha value is -1.61. The van der Waals surface area contributed by atoms with E-state index in [4.69, 9.17) is 0 Å². The lowest BCUT2D eigenvalue weighted by Crippen LogP contribution is -2.10. The van der Waals surface area contributed by atoms with Crippen LogP contribution >= 0.6 is 11.3 Å². The van der Waals surface area contributed by atoms with Crippen molar-refractivity contribution < 1.29 is 4.79 Å². The topological polar surface area (TPSA) is 29.1 Å². The first kappa shape index (κ1) is 11.9. The van der Waals surface area contributed by atoms with Crippen LogP contribution < -0.4 is 5.32 Å². The maximum atomic E-state index is 11.9. The number of hydrogen-bond acceptors (Lipinski definition) is 2. The highest BCUT2D eigenvalue weighted by Gasteiger charge is 2.08. The summed E-state index contributed by atoms with van der Waals surface area (Å²) in [5.41, 5.74) is 0.687. The van der Waals surface area contributed by atoms with Gasteiger partial charge in [-0.2, -0.15) is 0 Å². The lowest BCUT2D eigenvalue weighted by atomic mass is 10.2. The monoisotopic (exact) mass is 245 g/mol. The van der Waals surface area contributed by atoms with Crippen LogP contribution in [0.5, 0.6) is 0 Å². The van der Waals surface area contributed by atoms with Gasteiger partial charge in [0.15, 0.2) is 0 Å². The summed E-state index contributed by atoms with van der Waals surface area (Å²) < 4.78 is 0. The summed E-state index contributed by atoms with van der Waals surface area (Å²) in [6.45, 7) is 4.29. The lowest BCUT2D eigenvalue weighted by Gasteiger charge is -2.02. The van der Waals surface area contributed by atoms with E-state index >= 15 is 0 Å². The summed E-state index contributed by atoms with van der Waals surface area (Å²) in [6.07, 6.45) is 0. The normalized spacial score (nSPS) is 10.5. The van der Waals surface area contributed by atoms with Crippen LogP contribution in [-0.2, 0) is 0 Å². The highest BCUT2D eigenvalue weighted by molar-refractivity contribution is 7.16. The molecule has 0 fully saturated rings. The van der Waals surface area contributed by atoms with Gasteiger partial charge in [-0.15, -0.1) is 11.3 Å². The van der Waals surface area contributed by atoms with Gasteiger partial charge in [0.2, 0.25) is 0 Å². The molecule has 2 nitrogen and oxygen atoms in total. The highest BCUT2D eigenvalue weighted by Crippen LogP contribution is 2.28. The third-order valence-corrected chi connectivity index (χ3v) is 3.77. The molecule has 1 N–H and O–H groups in total. The van der Waals surface area contributed by atoms with Gasteiger partial charge in [0.25, 0.3) is 5.91 Å². The molecule has 88 valence electrons. The minimum Gasteiger partial charge on any atom is -0.314 e. The summed E-state index contributed by atoms with van der Waals surface area (Å²) in [7, 11) is 0. The molecule has 0 aliphatic carbocycles. The molecule has 1 aromatic heterocycles. The van der Waals surface area contributed by atoms with Crippen LogP contribution in [0.25, 0.3) is 0 Å². The number of carbonyl (C=O) groups is 1. The van der Waals surface area contributed by atoms with E-state index in [1.54, 1.807) is 11.3 Å². The van der Waals surface area contributed by atoms with Crippen molar-refractivity contribution in [3.8, 4) is 0 Å². The summed E-state index contributed by atoms with van der Waals surface area (Å²) in [5.74, 6) is 0.449. The van der Waals surface area contributed by atoms with E-state index in [1.165, 1.54) is 4.88 Å². The van der Waals surface area contributed by atoms with E-state index in [2.05, 4.69) is 25.2 Å². The molecule has 17 heavy (non-hydrogen) atoms. The van der Waals surface area contributed by atoms with Crippen molar-refractivity contribution in [2.45, 2.75) is 19.8 Å². The van der Waals surface area contributed by atoms with Crippen molar-refractivity contribution in [1.29, 1.82) is 0 Å². The zero-order chi connectivity index (χ0) is 12.3. The van der Waals surface area contributed by atoms with Gasteiger partial charge in [-0.3, -0.25) is 4.79 Å². The number of thiophene rings is 1. The average molecular weight is 245 g/mol. The number of hydrogen-bond donors (Lipinski definition) is 1. The molecule has 0 radical (unpaired) electrons. The summed E-state index contributed by atoms with van der Waals surface area (Å²) >= 11 is 1.63. The number of amides is 1. The largest absolute Gasteiger partial charge is 0.314 e. The van der Waals surface area contributed by atoms with Crippen molar-refractivity contribution in [2.24, 2.45) is 0 Å². The van der Waals surface area contributed by atoms with E-state index < -0.39 is 0 Å². The molecule has 0 spiro atoms. The molecule has 0 unspecified atom stereocenters. The van der Waals surface area contributed by atoms with E-state index in [0.717, 1.165) is 5.00 Å². The molecule has 0 atom stereocenters. The Morgan fingerprint density at radius 3 is 2.41 bits per heavy atom. The van der Waals surface area contributed by atoms with Crippen LogP contribution in [-0.4, -0.2) is 5.91 Å². The number of nitrogens with one attached hydrogen (secondary N) is 1. The van der Waals surface area contributed by atoms with Crippen LogP contribution in [0.15, 0.2) is 42.5 Å². The first-order chi connectivity index (χ1) is 8.16. The third kappa shape index (κ3) is 2.94. The second-order valence-electron chi connectivity index (χ2n) is 4.18. The van der Waals surface area contributed by atoms with E-state index in [0.29, 0.717) is 11.5 Å². The maximum absolute atomic E-state index is 11.9. The predicted molar refractivity (Wildman–Crippen MR) is 72.8 cm³/mol. The third-order valence-electron chi connectivity index (χ3n) is 2.47. The zero-order valence-corrected chi connectivity index (χ0v) is 10.8. The SMILES string of the molecule is CC(C)c1ccc(NC(=O)c2ccccc2)s1. The molecule has 1 amide bonds. The Morgan fingerprint density at radius 2 is 1.82 bits per heavy atom. The Bertz CT molecular complexity index is 502. The quantitative estimate of drug-likeness (QED) is 0.865. The van der Waals surface area contributed by atoms with E-state index in [1.807, 2.05) is 36.4 Å². The van der Waals surface area contributed by atoms with Gasteiger partial charge in [0, 0.05) is 10.4 Å². The maximum Gasteiger partial charge on any atom is 0.256 e. The number of anilines is 1. The average Bonchev–Trinajstić information content (AvgIpc) is 2.79. The van der Waals surface area contributed by atoms with Crippen LogP contribution in [0.3, 0.4) is 0 Å². The first-order valence-corrected chi connectivity index (χ1v) is 6.44. The van der Waals surface area contributed by atoms with E-state index in [-0.39, 0.29) is 5.91 Å². The number of benzene rings is 1. The second kappa shape index (κ2) is 5.15. The Labute approximate surface area is 105 Å². The van der Waals surface area contributed by atoms with Crippen LogP contribution in [0, 0.1) is 0 Å². The van der Waals surface area contributed by atoms with Crippen molar-refractivity contribution >= 4 is 22.2 Å². The second-order valence-corrected chi connectivity index (χ2v) is 5.29. The minimum absolute atomic E-state index is 0.0530. The molecule has 1 aromatic carbocycles. The molecule has 0 saturated carbocycles. The van der Waals surface area contributed by atoms with Gasteiger partial charge >= 0.3 is 0 Å². The van der Waals surface area contributed by atoms with Crippen LogP contribution in [0.4, 0.5) is 5.00 Å². The lowest BCUT2D eigenvalue weighted by molar-refractivity contribution is 0.102. The van der Waals surface area contributed by atoms with Gasteiger partial charge in [0.05, 0.1) is 5.00 Å². The molecule has 1 heterocycles. The predicted octanol–water partition coefficient (Wildman–Crippen LogP) is 4.12. The van der Waals surface area contributed by atoms with Crippen LogP contribution in [0.1, 0.15) is 35.0 Å². The molecule has 0 saturated heterocycles. The fourth-order valence-electron chi connectivity index (χ4n) is 1.50. The summed E-state index contributed by atoms with van der Waals surface area (Å²) in [4.78, 5) is 13.2. The Kier molecular flexibility index (Phi) is 3.59. The molecular formula is C14H15NOS. The fourth-order valence-corrected chi connectivity index (χ4v) is 2.41. The molecule has 0 bridgehead atoms. The molecule has 3 heteroatoms. The summed E-state index contributed by atoms with van der Waals surface area (Å²) in [6, 6.07) is 13.3. The molecular weight excluding hydrogens is 230 g/mol. The molecule has 0 aliphatic rings. The van der Waals surface area contributed by atoms with Crippen LogP contribution in [0.2, 0.25) is 0 Å². The van der Waals surface area contributed by atoms with Gasteiger partial charge in [-0.25, -0.2) is 0 Å². The van der Waals surface area contributed by atoms with Crippen molar-refractivity contribution in [1.82, 2.24) is 0 Å². The number of carbonyl (C=O) groups excluding carboxylic acids is 1. The fraction of sp³-hybridized carbons (Fsp3) is 0.214. The van der Waals surface area contributed by atoms with Gasteiger partial charge < -0.3 is 5.32 Å². The molecule has 0 aliphatic heterocycles. The highest BCUT2D eigenvalue weighted by atomic mass is 32.1. The van der Waals surface area contributed by atoms with Crippen molar-refractivity contribution in [3.05, 3.63) is 52.9 Å². The molecule has 2 rings (SSSR count). The van der Waals surface area contributed by atoms with Gasteiger partial charge in [-0.05, 0) is 30.2 Å². The minimum atomic E-state index is -0.0530. The number of rotatable bonds is 3. The standard InChI is InChI=1S/C14H15NOS/c1-10(2)12-8-9-13(17-12)15-14(16)11-6-4-3-5-7-11/h3-10H,1-2H3,(H,15,16). The smallest absolute Gasteiger partial charge is 0.256 e. The van der Waals surface area contributed by atoms with Crippen molar-refractivity contribution in [3.63, 3.8) is 0 Å². The van der Waals surface area contributed by atoms with Crippen molar-refractivity contribution in [2.75, 3.05) is 5.32 Å². The molecule has 2 aromatic rings. The Balaban J connectivity index is 2.08. The Morgan fingerprint density at radius 1 is 1.12 bits per heavy atom. The first-order valence-electron chi connectivity index (χ1n) is 5.63.